The lowest BCUT2D eigenvalue weighted by molar-refractivity contribution is 0.258. The average molecular weight is 623 g/mol. The Morgan fingerprint density at radius 2 is 1.42 bits per heavy atom. The van der Waals surface area contributed by atoms with E-state index in [2.05, 4.69) is 144 Å². The zero-order valence-corrected chi connectivity index (χ0v) is 26.8. The Morgan fingerprint density at radius 3 is 2.27 bits per heavy atom. The lowest BCUT2D eigenvalue weighted by Crippen LogP contribution is -2.42. The Morgan fingerprint density at radius 1 is 0.667 bits per heavy atom. The smallest absolute Gasteiger partial charge is 0.151 e. The van der Waals surface area contributed by atoms with Gasteiger partial charge in [0.1, 0.15) is 11.5 Å². The molecule has 2 atom stereocenters. The van der Waals surface area contributed by atoms with Gasteiger partial charge in [-0.1, -0.05) is 85.8 Å². The number of benzene rings is 5. The number of hydrogen-bond donors (Lipinski definition) is 0. The number of nitrogens with zero attached hydrogens (tertiary/aromatic N) is 2. The maximum Gasteiger partial charge on any atom is 0.151 e. The molecule has 4 heteroatoms. The minimum absolute atomic E-state index is 0.0976. The summed E-state index contributed by atoms with van der Waals surface area (Å²) in [6.07, 6.45) is 13.7. The van der Waals surface area contributed by atoms with Gasteiger partial charge in [0.25, 0.3) is 0 Å². The molecule has 0 N–H and O–H groups in total. The number of fused-ring (bicyclic) bond motifs is 6. The molecule has 2 aliphatic heterocycles. The van der Waals surface area contributed by atoms with Gasteiger partial charge >= 0.3 is 0 Å². The zero-order valence-electron chi connectivity index (χ0n) is 26.8. The van der Waals surface area contributed by atoms with E-state index < -0.39 is 0 Å². The van der Waals surface area contributed by atoms with Crippen LogP contribution in [0.2, 0.25) is 0 Å². The van der Waals surface area contributed by atoms with E-state index in [0.29, 0.717) is 5.92 Å². The van der Waals surface area contributed by atoms with Crippen LogP contribution in [-0.2, 0) is 4.74 Å². The van der Waals surface area contributed by atoms with Crippen LogP contribution in [0.4, 0.5) is 22.7 Å². The summed E-state index contributed by atoms with van der Waals surface area (Å²) in [5.41, 5.74) is 13.4. The summed E-state index contributed by atoms with van der Waals surface area (Å²) < 4.78 is 13.0. The summed E-state index contributed by atoms with van der Waals surface area (Å²) in [7, 11) is 0. The van der Waals surface area contributed by atoms with E-state index in [9.17, 15) is 0 Å². The third kappa shape index (κ3) is 4.15. The van der Waals surface area contributed by atoms with Gasteiger partial charge in [-0.05, 0) is 113 Å². The van der Waals surface area contributed by atoms with Gasteiger partial charge in [-0.15, -0.1) is 0 Å². The van der Waals surface area contributed by atoms with Crippen molar-refractivity contribution in [3.05, 3.63) is 168 Å². The SMILES string of the molecule is CC1c2ccccc2-c2cc(-c3cc(N4c5ccccc5Oc5ccccc54)cc(N4C5=C(C=CCC5)OC5=CC=CCC54)c3)ccc21. The normalized spacial score (nSPS) is 19.6. The molecule has 10 rings (SSSR count). The maximum atomic E-state index is 6.53. The highest BCUT2D eigenvalue weighted by Crippen LogP contribution is 2.53. The summed E-state index contributed by atoms with van der Waals surface area (Å²) in [5.74, 6) is 4.04. The second kappa shape index (κ2) is 10.6. The minimum Gasteiger partial charge on any atom is -0.458 e. The van der Waals surface area contributed by atoms with Crippen molar-refractivity contribution in [1.29, 1.82) is 0 Å². The van der Waals surface area contributed by atoms with Crippen molar-refractivity contribution in [2.45, 2.75) is 38.1 Å². The molecule has 5 aliphatic rings. The van der Waals surface area contributed by atoms with Crippen LogP contribution in [0.25, 0.3) is 22.3 Å². The van der Waals surface area contributed by atoms with Gasteiger partial charge in [-0.25, -0.2) is 0 Å². The molecule has 0 spiro atoms. The van der Waals surface area contributed by atoms with Gasteiger partial charge < -0.3 is 19.3 Å². The summed E-state index contributed by atoms with van der Waals surface area (Å²) in [6.45, 7) is 2.32. The van der Waals surface area contributed by atoms with Gasteiger partial charge in [-0.2, -0.15) is 0 Å². The second-order valence-electron chi connectivity index (χ2n) is 13.2. The molecule has 0 aromatic heterocycles. The lowest BCUT2D eigenvalue weighted by atomic mass is 9.94. The van der Waals surface area contributed by atoms with E-state index in [1.54, 1.807) is 0 Å². The fraction of sp³-hybridized carbons (Fsp3) is 0.136. The van der Waals surface area contributed by atoms with Crippen molar-refractivity contribution in [2.75, 3.05) is 9.80 Å². The summed E-state index contributed by atoms with van der Waals surface area (Å²) in [6, 6.07) is 39.8. The monoisotopic (exact) mass is 622 g/mol. The molecule has 2 unspecified atom stereocenters. The Hall–Kier alpha value is -5.74. The van der Waals surface area contributed by atoms with Crippen LogP contribution in [0.1, 0.15) is 43.2 Å². The van der Waals surface area contributed by atoms with Crippen LogP contribution >= 0.6 is 0 Å². The Bertz CT molecular complexity index is 2230. The van der Waals surface area contributed by atoms with Gasteiger partial charge in [0.15, 0.2) is 11.5 Å². The first-order chi connectivity index (χ1) is 23.7. The molecule has 232 valence electrons. The zero-order chi connectivity index (χ0) is 31.8. The van der Waals surface area contributed by atoms with Crippen molar-refractivity contribution >= 4 is 22.7 Å². The topological polar surface area (TPSA) is 24.9 Å². The van der Waals surface area contributed by atoms with Crippen LogP contribution in [0.15, 0.2) is 157 Å². The predicted molar refractivity (Wildman–Crippen MR) is 194 cm³/mol. The molecular weight excluding hydrogens is 588 g/mol. The molecule has 4 nitrogen and oxygen atoms in total. The Kier molecular flexibility index (Phi) is 6.07. The van der Waals surface area contributed by atoms with E-state index in [4.69, 9.17) is 9.47 Å². The number of hydrogen-bond acceptors (Lipinski definition) is 4. The van der Waals surface area contributed by atoms with Gasteiger partial charge in [0, 0.05) is 17.3 Å². The predicted octanol–water partition coefficient (Wildman–Crippen LogP) is 11.7. The fourth-order valence-corrected chi connectivity index (χ4v) is 8.19. The van der Waals surface area contributed by atoms with Crippen LogP contribution < -0.4 is 14.5 Å². The molecule has 2 heterocycles. The average Bonchev–Trinajstić information content (AvgIpc) is 3.43. The van der Waals surface area contributed by atoms with Crippen LogP contribution in [0, 0.1) is 0 Å². The molecule has 0 saturated heterocycles. The third-order valence-electron chi connectivity index (χ3n) is 10.5. The van der Waals surface area contributed by atoms with E-state index in [0.717, 1.165) is 65.0 Å². The number of ether oxygens (including phenoxy) is 2. The van der Waals surface area contributed by atoms with E-state index in [1.807, 2.05) is 12.1 Å². The first kappa shape index (κ1) is 27.4. The van der Waals surface area contributed by atoms with E-state index in [1.165, 1.54) is 39.1 Å². The number of rotatable bonds is 3. The molecule has 5 aromatic carbocycles. The lowest BCUT2D eigenvalue weighted by Gasteiger charge is -2.43. The van der Waals surface area contributed by atoms with Gasteiger partial charge in [-0.3, -0.25) is 0 Å². The molecule has 5 aromatic rings. The molecule has 0 fully saturated rings. The van der Waals surface area contributed by atoms with Crippen molar-refractivity contribution in [2.24, 2.45) is 0 Å². The highest BCUT2D eigenvalue weighted by molar-refractivity contribution is 5.91. The fourth-order valence-electron chi connectivity index (χ4n) is 8.19. The minimum atomic E-state index is 0.0976. The van der Waals surface area contributed by atoms with Crippen molar-refractivity contribution in [3.63, 3.8) is 0 Å². The summed E-state index contributed by atoms with van der Waals surface area (Å²) >= 11 is 0. The summed E-state index contributed by atoms with van der Waals surface area (Å²) in [5, 5.41) is 0. The van der Waals surface area contributed by atoms with E-state index >= 15 is 0 Å². The number of allylic oxidation sites excluding steroid dienone is 5. The number of para-hydroxylation sites is 4. The van der Waals surface area contributed by atoms with E-state index in [-0.39, 0.29) is 6.04 Å². The maximum absolute atomic E-state index is 6.53. The quantitative estimate of drug-likeness (QED) is 0.196. The third-order valence-corrected chi connectivity index (χ3v) is 10.5. The molecule has 0 saturated carbocycles. The van der Waals surface area contributed by atoms with Crippen molar-refractivity contribution in [3.8, 4) is 33.8 Å². The van der Waals surface area contributed by atoms with Gasteiger partial charge in [0.2, 0.25) is 0 Å². The van der Waals surface area contributed by atoms with Crippen molar-refractivity contribution in [1.82, 2.24) is 0 Å². The highest BCUT2D eigenvalue weighted by Gasteiger charge is 2.36. The molecular formula is C44H34N2O2. The number of anilines is 4. The summed E-state index contributed by atoms with van der Waals surface area (Å²) in [4.78, 5) is 4.91. The Labute approximate surface area is 281 Å². The Balaban J connectivity index is 1.21. The first-order valence-corrected chi connectivity index (χ1v) is 17.0. The second-order valence-corrected chi connectivity index (χ2v) is 13.2. The molecule has 0 amide bonds. The van der Waals surface area contributed by atoms with Crippen LogP contribution in [-0.4, -0.2) is 6.04 Å². The molecule has 0 bridgehead atoms. The van der Waals surface area contributed by atoms with Crippen LogP contribution in [0.5, 0.6) is 11.5 Å². The molecule has 3 aliphatic carbocycles. The molecule has 48 heavy (non-hydrogen) atoms. The standard InChI is InChI=1S/C44H34N2O2/c1-28-33-12-2-3-13-35(33)36-26-29(22-23-34(28)36)30-24-31(45-37-14-4-8-18-41(37)47-42-19-9-5-15-38(42)45)27-32(25-30)46-39-16-6-10-20-43(39)48-44-21-11-7-17-40(44)46/h2-6,8-15,18-28,39H,7,16-17H2,1H3. The molecule has 0 radical (unpaired) electrons. The highest BCUT2D eigenvalue weighted by atomic mass is 16.5. The van der Waals surface area contributed by atoms with Crippen molar-refractivity contribution < 1.29 is 9.47 Å². The largest absolute Gasteiger partial charge is 0.458 e. The first-order valence-electron chi connectivity index (χ1n) is 17.0. The van der Waals surface area contributed by atoms with Crippen LogP contribution in [0.3, 0.4) is 0 Å². The van der Waals surface area contributed by atoms with Gasteiger partial charge in [0.05, 0.1) is 23.1 Å².